The molecule has 1 fully saturated rings. The molecule has 2 rings (SSSR count). The van der Waals surface area contributed by atoms with Crippen LogP contribution in [0.4, 0.5) is 4.79 Å². The molecule has 1 aromatic carbocycles. The van der Waals surface area contributed by atoms with Crippen LogP contribution in [0.1, 0.15) is 45.8 Å². The van der Waals surface area contributed by atoms with Crippen molar-refractivity contribution in [2.75, 3.05) is 13.0 Å². The van der Waals surface area contributed by atoms with Crippen molar-refractivity contribution < 1.29 is 14.3 Å². The summed E-state index contributed by atoms with van der Waals surface area (Å²) in [6.07, 6.45) is 0.445. The number of rotatable bonds is 5. The molecule has 0 N–H and O–H groups in total. The van der Waals surface area contributed by atoms with Gasteiger partial charge in [-0.25, -0.2) is 4.79 Å². The minimum atomic E-state index is -0.218. The zero-order valence-corrected chi connectivity index (χ0v) is 14.8. The molecule has 0 spiro atoms. The van der Waals surface area contributed by atoms with E-state index in [2.05, 4.69) is 27.7 Å². The minimum Gasteiger partial charge on any atom is -0.497 e. The topological polar surface area (TPSA) is 38.8 Å². The second kappa shape index (κ2) is 6.82. The normalized spacial score (nSPS) is 21.9. The molecule has 0 unspecified atom stereocenters. The molecule has 1 amide bonds. The number of methoxy groups -OCH3 is 1. The fourth-order valence-corrected chi connectivity index (χ4v) is 3.31. The van der Waals surface area contributed by atoms with Crippen molar-refractivity contribution in [3.63, 3.8) is 0 Å². The average Bonchev–Trinajstić information content (AvgIpc) is 2.80. The van der Waals surface area contributed by atoms with Crippen molar-refractivity contribution in [3.8, 4) is 5.75 Å². The van der Waals surface area contributed by atoms with Crippen LogP contribution in [-0.4, -0.2) is 34.8 Å². The van der Waals surface area contributed by atoms with Crippen LogP contribution in [0.5, 0.6) is 5.75 Å². The summed E-state index contributed by atoms with van der Waals surface area (Å²) in [5.41, 5.74) is 1.02. The third-order valence-corrected chi connectivity index (χ3v) is 4.98. The van der Waals surface area contributed by atoms with E-state index in [0.717, 1.165) is 17.7 Å². The molecule has 122 valence electrons. The maximum absolute atomic E-state index is 12.2. The molecule has 0 bridgehead atoms. The number of carbonyl (C=O) groups excluding carboxylic acids is 1. The second-order valence-electron chi connectivity index (χ2n) is 6.41. The first-order valence-electron chi connectivity index (χ1n) is 7.61. The molecule has 1 aliphatic heterocycles. The van der Waals surface area contributed by atoms with Crippen LogP contribution in [0, 0.1) is 0 Å². The summed E-state index contributed by atoms with van der Waals surface area (Å²) in [5, 5.41) is 0. The van der Waals surface area contributed by atoms with Gasteiger partial charge in [-0.05, 0) is 24.1 Å². The maximum atomic E-state index is 12.2. The number of benzene rings is 1. The van der Waals surface area contributed by atoms with E-state index >= 15 is 0 Å². The van der Waals surface area contributed by atoms with Gasteiger partial charge in [-0.15, -0.1) is 11.8 Å². The standard InChI is InChI=1S/C17H25NO3S/c1-6-14-15(12-7-9-13(20-5)10-8-12)21-16(19)18(14)11-22-17(2,3)4/h7-10,14-15H,6,11H2,1-5H3/t14-,15-/m0/s1. The first kappa shape index (κ1) is 17.0. The molecule has 1 heterocycles. The summed E-state index contributed by atoms with van der Waals surface area (Å²) in [5.74, 6) is 1.47. The van der Waals surface area contributed by atoms with Crippen LogP contribution < -0.4 is 4.74 Å². The smallest absolute Gasteiger partial charge is 0.411 e. The number of carbonyl (C=O) groups is 1. The molecule has 5 heteroatoms. The van der Waals surface area contributed by atoms with Crippen LogP contribution in [0.3, 0.4) is 0 Å². The zero-order chi connectivity index (χ0) is 16.3. The second-order valence-corrected chi connectivity index (χ2v) is 8.18. The Morgan fingerprint density at radius 3 is 2.41 bits per heavy atom. The third-order valence-electron chi connectivity index (χ3n) is 3.71. The van der Waals surface area contributed by atoms with Crippen molar-refractivity contribution in [1.29, 1.82) is 0 Å². The SMILES string of the molecule is CC[C@H]1[C@H](c2ccc(OC)cc2)OC(=O)N1CSC(C)(C)C. The number of thioether (sulfide) groups is 1. The van der Waals surface area contributed by atoms with E-state index in [0.29, 0.717) is 5.88 Å². The highest BCUT2D eigenvalue weighted by molar-refractivity contribution is 8.00. The average molecular weight is 323 g/mol. The summed E-state index contributed by atoms with van der Waals surface area (Å²) < 4.78 is 10.9. The van der Waals surface area contributed by atoms with Crippen molar-refractivity contribution >= 4 is 17.9 Å². The molecule has 1 aromatic rings. The van der Waals surface area contributed by atoms with Crippen molar-refractivity contribution in [2.45, 2.75) is 51.0 Å². The van der Waals surface area contributed by atoms with Crippen molar-refractivity contribution in [1.82, 2.24) is 4.90 Å². The van der Waals surface area contributed by atoms with Crippen LogP contribution in [0.15, 0.2) is 24.3 Å². The van der Waals surface area contributed by atoms with E-state index in [9.17, 15) is 4.79 Å². The van der Waals surface area contributed by atoms with Crippen LogP contribution in [-0.2, 0) is 4.74 Å². The molecule has 0 aromatic heterocycles. The summed E-state index contributed by atoms with van der Waals surface area (Å²) in [6.45, 7) is 8.56. The van der Waals surface area contributed by atoms with E-state index in [4.69, 9.17) is 9.47 Å². The van der Waals surface area contributed by atoms with E-state index in [1.165, 1.54) is 0 Å². The van der Waals surface area contributed by atoms with E-state index in [-0.39, 0.29) is 23.0 Å². The largest absolute Gasteiger partial charge is 0.497 e. The predicted octanol–water partition coefficient (Wildman–Crippen LogP) is 4.46. The Morgan fingerprint density at radius 2 is 1.91 bits per heavy atom. The van der Waals surface area contributed by atoms with Crippen LogP contribution >= 0.6 is 11.8 Å². The summed E-state index contributed by atoms with van der Waals surface area (Å²) in [7, 11) is 1.64. The Labute approximate surface area is 137 Å². The quantitative estimate of drug-likeness (QED) is 0.802. The molecule has 4 nitrogen and oxygen atoms in total. The Bertz CT molecular complexity index is 510. The zero-order valence-electron chi connectivity index (χ0n) is 14.0. The van der Waals surface area contributed by atoms with Gasteiger partial charge in [-0.2, -0.15) is 0 Å². The first-order valence-corrected chi connectivity index (χ1v) is 8.59. The van der Waals surface area contributed by atoms with Crippen LogP contribution in [0.2, 0.25) is 0 Å². The number of hydrogen-bond donors (Lipinski definition) is 0. The highest BCUT2D eigenvalue weighted by Crippen LogP contribution is 2.37. The fraction of sp³-hybridized carbons (Fsp3) is 0.588. The van der Waals surface area contributed by atoms with Crippen molar-refractivity contribution in [3.05, 3.63) is 29.8 Å². The third kappa shape index (κ3) is 3.88. The van der Waals surface area contributed by atoms with Crippen LogP contribution in [0.25, 0.3) is 0 Å². The Hall–Kier alpha value is -1.36. The van der Waals surface area contributed by atoms with Gasteiger partial charge < -0.3 is 9.47 Å². The van der Waals surface area contributed by atoms with Gasteiger partial charge >= 0.3 is 6.09 Å². The lowest BCUT2D eigenvalue weighted by Gasteiger charge is -2.26. The summed E-state index contributed by atoms with van der Waals surface area (Å²) >= 11 is 1.76. The number of ether oxygens (including phenoxy) is 2. The van der Waals surface area contributed by atoms with Gasteiger partial charge in [-0.1, -0.05) is 39.8 Å². The Balaban J connectivity index is 2.14. The van der Waals surface area contributed by atoms with E-state index < -0.39 is 0 Å². The summed E-state index contributed by atoms with van der Waals surface area (Å²) in [4.78, 5) is 14.1. The molecule has 0 aliphatic carbocycles. The molecule has 1 saturated heterocycles. The van der Waals surface area contributed by atoms with Crippen molar-refractivity contribution in [2.24, 2.45) is 0 Å². The summed E-state index contributed by atoms with van der Waals surface area (Å²) in [6, 6.07) is 7.83. The minimum absolute atomic E-state index is 0.0794. The van der Waals surface area contributed by atoms with Gasteiger partial charge in [-0.3, -0.25) is 4.90 Å². The van der Waals surface area contributed by atoms with Gasteiger partial charge in [0.2, 0.25) is 0 Å². The predicted molar refractivity (Wildman–Crippen MR) is 90.3 cm³/mol. The lowest BCUT2D eigenvalue weighted by atomic mass is 10.0. The maximum Gasteiger partial charge on any atom is 0.411 e. The number of nitrogens with zero attached hydrogens (tertiary/aromatic N) is 1. The van der Waals surface area contributed by atoms with Gasteiger partial charge in [0.1, 0.15) is 11.9 Å². The highest BCUT2D eigenvalue weighted by Gasteiger charge is 2.41. The fourth-order valence-electron chi connectivity index (χ4n) is 2.48. The number of hydrogen-bond acceptors (Lipinski definition) is 4. The molecule has 0 radical (unpaired) electrons. The molecule has 1 aliphatic rings. The Morgan fingerprint density at radius 1 is 1.27 bits per heavy atom. The molecule has 0 saturated carbocycles. The molecular formula is C17H25NO3S. The number of cyclic esters (lactones) is 1. The lowest BCUT2D eigenvalue weighted by molar-refractivity contribution is 0.130. The first-order chi connectivity index (χ1) is 10.4. The molecule has 22 heavy (non-hydrogen) atoms. The van der Waals surface area contributed by atoms with E-state index in [1.54, 1.807) is 18.9 Å². The van der Waals surface area contributed by atoms with E-state index in [1.807, 2.05) is 29.2 Å². The van der Waals surface area contributed by atoms with Gasteiger partial charge in [0.15, 0.2) is 0 Å². The van der Waals surface area contributed by atoms with Gasteiger partial charge in [0.05, 0.1) is 19.0 Å². The number of amides is 1. The molecule has 2 atom stereocenters. The molecular weight excluding hydrogens is 298 g/mol. The Kier molecular flexibility index (Phi) is 5.27. The van der Waals surface area contributed by atoms with Gasteiger partial charge in [0.25, 0.3) is 0 Å². The van der Waals surface area contributed by atoms with Gasteiger partial charge in [0, 0.05) is 4.75 Å². The highest BCUT2D eigenvalue weighted by atomic mass is 32.2. The lowest BCUT2D eigenvalue weighted by Crippen LogP contribution is -2.34. The monoisotopic (exact) mass is 323 g/mol.